The fourth-order valence-corrected chi connectivity index (χ4v) is 2.97. The van der Waals surface area contributed by atoms with Crippen molar-refractivity contribution < 1.29 is 4.84 Å². The smallest absolute Gasteiger partial charge is 0.149 e. The summed E-state index contributed by atoms with van der Waals surface area (Å²) in [6.07, 6.45) is 0.964. The molecule has 0 bridgehead atoms. The van der Waals surface area contributed by atoms with Crippen molar-refractivity contribution >= 4 is 5.84 Å². The van der Waals surface area contributed by atoms with Crippen LogP contribution in [0.2, 0.25) is 0 Å². The first-order valence-electron chi connectivity index (χ1n) is 7.14. The van der Waals surface area contributed by atoms with Crippen LogP contribution in [0.25, 0.3) is 0 Å². The Bertz CT molecular complexity index is 309. The maximum atomic E-state index is 5.89. The van der Waals surface area contributed by atoms with E-state index in [4.69, 9.17) is 4.84 Å². The molecule has 2 aliphatic heterocycles. The molecule has 0 N–H and O–H groups in total. The summed E-state index contributed by atoms with van der Waals surface area (Å²) >= 11 is 0. The predicted octanol–water partition coefficient (Wildman–Crippen LogP) is 2.02. The highest BCUT2D eigenvalue weighted by Crippen LogP contribution is 2.38. The Kier molecular flexibility index (Phi) is 3.85. The fourth-order valence-electron chi connectivity index (χ4n) is 2.97. The minimum Gasteiger partial charge on any atom is -0.387 e. The van der Waals surface area contributed by atoms with E-state index >= 15 is 0 Å². The van der Waals surface area contributed by atoms with Gasteiger partial charge in [0.05, 0.1) is 6.42 Å². The minimum absolute atomic E-state index is 0.0985. The zero-order chi connectivity index (χ0) is 13.3. The Balaban J connectivity index is 2.02. The van der Waals surface area contributed by atoms with Gasteiger partial charge < -0.3 is 14.6 Å². The molecule has 4 heteroatoms. The maximum Gasteiger partial charge on any atom is 0.149 e. The Hall–Kier alpha value is -0.770. The van der Waals surface area contributed by atoms with Gasteiger partial charge in [0.25, 0.3) is 0 Å². The molecule has 2 rings (SSSR count). The Morgan fingerprint density at radius 1 is 1.06 bits per heavy atom. The van der Waals surface area contributed by atoms with E-state index in [-0.39, 0.29) is 5.60 Å². The number of piperazine rings is 1. The highest BCUT2D eigenvalue weighted by Gasteiger charge is 2.46. The van der Waals surface area contributed by atoms with Gasteiger partial charge in [-0.2, -0.15) is 0 Å². The van der Waals surface area contributed by atoms with Crippen LogP contribution in [0.5, 0.6) is 0 Å². The molecule has 0 aliphatic carbocycles. The Morgan fingerprint density at radius 2 is 1.61 bits per heavy atom. The van der Waals surface area contributed by atoms with Crippen molar-refractivity contribution in [3.8, 4) is 0 Å². The van der Waals surface area contributed by atoms with Crippen molar-refractivity contribution in [2.45, 2.75) is 39.7 Å². The van der Waals surface area contributed by atoms with E-state index in [1.807, 2.05) is 0 Å². The monoisotopic (exact) mass is 253 g/mol. The van der Waals surface area contributed by atoms with Gasteiger partial charge >= 0.3 is 0 Å². The molecule has 0 aromatic carbocycles. The second kappa shape index (κ2) is 5.08. The van der Waals surface area contributed by atoms with E-state index in [1.165, 1.54) is 0 Å². The number of oxime groups is 1. The van der Waals surface area contributed by atoms with Gasteiger partial charge in [-0.05, 0) is 18.9 Å². The summed E-state index contributed by atoms with van der Waals surface area (Å²) in [5, 5.41) is 4.40. The van der Waals surface area contributed by atoms with Crippen LogP contribution in [0.4, 0.5) is 0 Å². The van der Waals surface area contributed by atoms with Crippen LogP contribution in [0, 0.1) is 11.8 Å². The lowest BCUT2D eigenvalue weighted by Gasteiger charge is -2.36. The van der Waals surface area contributed by atoms with E-state index in [2.05, 4.69) is 49.7 Å². The van der Waals surface area contributed by atoms with Crippen molar-refractivity contribution in [3.63, 3.8) is 0 Å². The molecule has 0 saturated carbocycles. The topological polar surface area (TPSA) is 28.1 Å². The van der Waals surface area contributed by atoms with Gasteiger partial charge in [0.15, 0.2) is 0 Å². The summed E-state index contributed by atoms with van der Waals surface area (Å²) in [6.45, 7) is 13.3. The van der Waals surface area contributed by atoms with Gasteiger partial charge in [0.1, 0.15) is 11.4 Å². The second-order valence-corrected chi connectivity index (χ2v) is 6.33. The molecule has 18 heavy (non-hydrogen) atoms. The molecule has 4 nitrogen and oxygen atoms in total. The second-order valence-electron chi connectivity index (χ2n) is 6.33. The van der Waals surface area contributed by atoms with Crippen molar-refractivity contribution in [1.82, 2.24) is 9.80 Å². The third-order valence-electron chi connectivity index (χ3n) is 4.58. The zero-order valence-corrected chi connectivity index (χ0v) is 12.4. The van der Waals surface area contributed by atoms with Gasteiger partial charge in [-0.15, -0.1) is 0 Å². The van der Waals surface area contributed by atoms with Crippen LogP contribution in [0.3, 0.4) is 0 Å². The van der Waals surface area contributed by atoms with Crippen molar-refractivity contribution in [2.75, 3.05) is 33.2 Å². The van der Waals surface area contributed by atoms with Gasteiger partial charge in [0, 0.05) is 26.2 Å². The summed E-state index contributed by atoms with van der Waals surface area (Å²) in [5.74, 6) is 2.14. The number of likely N-dealkylation sites (N-methyl/N-ethyl adjacent to an activating group) is 1. The van der Waals surface area contributed by atoms with Gasteiger partial charge in [-0.3, -0.25) is 0 Å². The summed E-state index contributed by atoms with van der Waals surface area (Å²) < 4.78 is 0. The van der Waals surface area contributed by atoms with E-state index in [9.17, 15) is 0 Å². The lowest BCUT2D eigenvalue weighted by Crippen LogP contribution is -2.49. The van der Waals surface area contributed by atoms with E-state index in [1.54, 1.807) is 0 Å². The molecule has 0 aromatic rings. The molecule has 0 amide bonds. The lowest BCUT2D eigenvalue weighted by atomic mass is 9.78. The van der Waals surface area contributed by atoms with Crippen LogP contribution in [0.1, 0.15) is 34.1 Å². The fraction of sp³-hybridized carbons (Fsp3) is 0.929. The largest absolute Gasteiger partial charge is 0.387 e. The standard InChI is InChI=1S/C14H27N3O/c1-11(2)14(12(3)4)10-13(15-18-14)17-8-6-16(5)7-9-17/h11-12H,6-10H2,1-5H3. The first-order chi connectivity index (χ1) is 8.45. The van der Waals surface area contributed by atoms with E-state index < -0.39 is 0 Å². The summed E-state index contributed by atoms with van der Waals surface area (Å²) in [5.41, 5.74) is -0.0985. The normalized spacial score (nSPS) is 24.6. The Labute approximate surface area is 111 Å². The van der Waals surface area contributed by atoms with E-state index in [0.717, 1.165) is 38.4 Å². The molecular weight excluding hydrogens is 226 g/mol. The first-order valence-corrected chi connectivity index (χ1v) is 7.14. The van der Waals surface area contributed by atoms with Crippen LogP contribution < -0.4 is 0 Å². The molecule has 104 valence electrons. The molecule has 0 radical (unpaired) electrons. The van der Waals surface area contributed by atoms with Crippen LogP contribution in [0.15, 0.2) is 5.16 Å². The highest BCUT2D eigenvalue weighted by atomic mass is 16.7. The molecule has 0 aromatic heterocycles. The summed E-state index contributed by atoms with van der Waals surface area (Å²) in [4.78, 5) is 10.7. The lowest BCUT2D eigenvalue weighted by molar-refractivity contribution is -0.0869. The predicted molar refractivity (Wildman–Crippen MR) is 74.6 cm³/mol. The molecule has 1 fully saturated rings. The average molecular weight is 253 g/mol. The van der Waals surface area contributed by atoms with Crippen LogP contribution >= 0.6 is 0 Å². The quantitative estimate of drug-likeness (QED) is 0.753. The zero-order valence-electron chi connectivity index (χ0n) is 12.4. The van der Waals surface area contributed by atoms with Crippen LogP contribution in [-0.2, 0) is 4.84 Å². The molecule has 0 atom stereocenters. The number of amidine groups is 1. The van der Waals surface area contributed by atoms with Crippen LogP contribution in [-0.4, -0.2) is 54.5 Å². The molecule has 1 saturated heterocycles. The van der Waals surface area contributed by atoms with Crippen molar-refractivity contribution in [2.24, 2.45) is 17.0 Å². The number of hydrogen-bond acceptors (Lipinski definition) is 4. The number of hydrogen-bond donors (Lipinski definition) is 0. The Morgan fingerprint density at radius 3 is 2.06 bits per heavy atom. The molecular formula is C14H27N3O. The third-order valence-corrected chi connectivity index (χ3v) is 4.58. The molecule has 0 spiro atoms. The van der Waals surface area contributed by atoms with Gasteiger partial charge in [0.2, 0.25) is 0 Å². The highest BCUT2D eigenvalue weighted by molar-refractivity contribution is 5.84. The van der Waals surface area contributed by atoms with Gasteiger partial charge in [-0.1, -0.05) is 32.9 Å². The number of rotatable bonds is 2. The van der Waals surface area contributed by atoms with E-state index in [0.29, 0.717) is 11.8 Å². The van der Waals surface area contributed by atoms with Crippen molar-refractivity contribution in [1.29, 1.82) is 0 Å². The molecule has 0 unspecified atom stereocenters. The maximum absolute atomic E-state index is 5.89. The number of nitrogens with zero attached hydrogens (tertiary/aromatic N) is 3. The average Bonchev–Trinajstić information content (AvgIpc) is 2.76. The summed E-state index contributed by atoms with van der Waals surface area (Å²) in [7, 11) is 2.18. The van der Waals surface area contributed by atoms with Gasteiger partial charge in [-0.25, -0.2) is 0 Å². The summed E-state index contributed by atoms with van der Waals surface area (Å²) in [6, 6.07) is 0. The third kappa shape index (κ3) is 2.35. The molecule has 2 heterocycles. The molecule has 2 aliphatic rings. The SMILES string of the molecule is CC(C)C1(C(C)C)CC(N2CCN(C)CC2)=NO1. The minimum atomic E-state index is -0.0985. The van der Waals surface area contributed by atoms with Crippen molar-refractivity contribution in [3.05, 3.63) is 0 Å². The first kappa shape index (κ1) is 13.7.